The van der Waals surface area contributed by atoms with Crippen molar-refractivity contribution in [3.05, 3.63) is 63.2 Å². The van der Waals surface area contributed by atoms with E-state index in [-0.39, 0.29) is 11.3 Å². The van der Waals surface area contributed by atoms with Crippen LogP contribution in [0.5, 0.6) is 0 Å². The summed E-state index contributed by atoms with van der Waals surface area (Å²) in [5, 5.41) is 14.3. The Morgan fingerprint density at radius 2 is 2.12 bits per heavy atom. The molecular formula is C19H19N3O3S. The van der Waals surface area contributed by atoms with Crippen LogP contribution in [0.25, 0.3) is 10.2 Å². The Balaban J connectivity index is 1.83. The number of fused-ring (bicyclic) bond motifs is 1. The lowest BCUT2D eigenvalue weighted by Gasteiger charge is -2.05. The highest BCUT2D eigenvalue weighted by atomic mass is 32.1. The third-order valence-electron chi connectivity index (χ3n) is 4.24. The lowest BCUT2D eigenvalue weighted by Crippen LogP contribution is -2.13. The number of nitro benzene ring substituents is 1. The quantitative estimate of drug-likeness (QED) is 0.483. The molecule has 1 heterocycles. The molecule has 0 aliphatic rings. The summed E-state index contributed by atoms with van der Waals surface area (Å²) in [4.78, 5) is 27.5. The van der Waals surface area contributed by atoms with Gasteiger partial charge in [0.2, 0.25) is 0 Å². The molecule has 0 spiro atoms. The van der Waals surface area contributed by atoms with Gasteiger partial charge in [0.05, 0.1) is 15.1 Å². The number of nitrogens with zero attached hydrogens (tertiary/aromatic N) is 2. The molecular weight excluding hydrogens is 350 g/mol. The zero-order valence-corrected chi connectivity index (χ0v) is 15.4. The smallest absolute Gasteiger partial charge is 0.273 e. The molecule has 6 nitrogen and oxygen atoms in total. The van der Waals surface area contributed by atoms with Crippen LogP contribution in [0.15, 0.2) is 36.4 Å². The molecule has 0 saturated carbocycles. The SMILES string of the molecule is CCCCc1ccc2nc(NC(=O)c3cccc([N+](=O)[O-])c3C)sc2c1. The van der Waals surface area contributed by atoms with E-state index in [0.717, 1.165) is 29.5 Å². The highest BCUT2D eigenvalue weighted by Crippen LogP contribution is 2.28. The number of hydrogen-bond donors (Lipinski definition) is 1. The third kappa shape index (κ3) is 3.72. The molecule has 0 saturated heterocycles. The van der Waals surface area contributed by atoms with E-state index in [9.17, 15) is 14.9 Å². The van der Waals surface area contributed by atoms with Crippen molar-refractivity contribution in [3.8, 4) is 0 Å². The number of nitrogens with one attached hydrogen (secondary N) is 1. The summed E-state index contributed by atoms with van der Waals surface area (Å²) in [6, 6.07) is 10.6. The molecule has 1 N–H and O–H groups in total. The second kappa shape index (κ2) is 7.61. The van der Waals surface area contributed by atoms with Crippen LogP contribution in [0.2, 0.25) is 0 Å². The van der Waals surface area contributed by atoms with E-state index >= 15 is 0 Å². The number of thiazole rings is 1. The van der Waals surface area contributed by atoms with E-state index in [1.54, 1.807) is 13.0 Å². The highest BCUT2D eigenvalue weighted by molar-refractivity contribution is 7.22. The van der Waals surface area contributed by atoms with Crippen molar-refractivity contribution in [3.63, 3.8) is 0 Å². The molecule has 0 aliphatic heterocycles. The van der Waals surface area contributed by atoms with Gasteiger partial charge in [0.1, 0.15) is 0 Å². The zero-order chi connectivity index (χ0) is 18.7. The summed E-state index contributed by atoms with van der Waals surface area (Å²) in [6.07, 6.45) is 3.31. The Morgan fingerprint density at radius 1 is 1.31 bits per heavy atom. The Labute approximate surface area is 155 Å². The van der Waals surface area contributed by atoms with Crippen molar-refractivity contribution >= 4 is 38.3 Å². The molecule has 134 valence electrons. The van der Waals surface area contributed by atoms with E-state index in [4.69, 9.17) is 0 Å². The number of carbonyl (C=O) groups excluding carboxylic acids is 1. The summed E-state index contributed by atoms with van der Waals surface area (Å²) < 4.78 is 1.02. The first-order valence-corrected chi connectivity index (χ1v) is 9.26. The number of benzene rings is 2. The molecule has 26 heavy (non-hydrogen) atoms. The fourth-order valence-corrected chi connectivity index (χ4v) is 3.72. The molecule has 0 atom stereocenters. The number of aryl methyl sites for hydroxylation is 1. The molecule has 0 radical (unpaired) electrons. The number of rotatable bonds is 6. The maximum Gasteiger partial charge on any atom is 0.273 e. The number of anilines is 1. The number of carbonyl (C=O) groups is 1. The third-order valence-corrected chi connectivity index (χ3v) is 5.17. The summed E-state index contributed by atoms with van der Waals surface area (Å²) in [5.74, 6) is -0.392. The highest BCUT2D eigenvalue weighted by Gasteiger charge is 2.19. The molecule has 0 aliphatic carbocycles. The summed E-state index contributed by atoms with van der Waals surface area (Å²) in [5.41, 5.74) is 2.65. The standard InChI is InChI=1S/C19H19N3O3S/c1-3-4-6-13-9-10-15-17(11-13)26-19(20-15)21-18(23)14-7-5-8-16(12(14)2)22(24)25/h5,7-11H,3-4,6H2,1-2H3,(H,20,21,23). The molecule has 0 fully saturated rings. The second-order valence-electron chi connectivity index (χ2n) is 6.09. The van der Waals surface area contributed by atoms with Gasteiger partial charge in [-0.1, -0.05) is 36.8 Å². The van der Waals surface area contributed by atoms with Crippen LogP contribution >= 0.6 is 11.3 Å². The molecule has 3 aromatic rings. The van der Waals surface area contributed by atoms with Gasteiger partial charge in [-0.25, -0.2) is 4.98 Å². The Hall–Kier alpha value is -2.80. The first kappa shape index (κ1) is 18.0. The van der Waals surface area contributed by atoms with Crippen LogP contribution in [0.1, 0.15) is 41.3 Å². The van der Waals surface area contributed by atoms with E-state index < -0.39 is 10.8 Å². The summed E-state index contributed by atoms with van der Waals surface area (Å²) in [7, 11) is 0. The molecule has 3 rings (SSSR count). The molecule has 7 heteroatoms. The van der Waals surface area contributed by atoms with Gasteiger partial charge in [-0.3, -0.25) is 20.2 Å². The van der Waals surface area contributed by atoms with Gasteiger partial charge in [0.15, 0.2) is 5.13 Å². The first-order chi connectivity index (χ1) is 12.5. The van der Waals surface area contributed by atoms with Gasteiger partial charge in [-0.05, 0) is 43.5 Å². The van der Waals surface area contributed by atoms with E-state index in [1.165, 1.54) is 29.0 Å². The monoisotopic (exact) mass is 369 g/mol. The van der Waals surface area contributed by atoms with E-state index in [2.05, 4.69) is 29.4 Å². The van der Waals surface area contributed by atoms with E-state index in [1.807, 2.05) is 6.07 Å². The van der Waals surface area contributed by atoms with Crippen LogP contribution in [-0.4, -0.2) is 15.8 Å². The normalized spacial score (nSPS) is 10.8. The minimum absolute atomic E-state index is 0.0671. The first-order valence-electron chi connectivity index (χ1n) is 8.44. The van der Waals surface area contributed by atoms with Crippen molar-refractivity contribution in [1.82, 2.24) is 4.98 Å². The number of amides is 1. The van der Waals surface area contributed by atoms with Gasteiger partial charge in [0.25, 0.3) is 11.6 Å². The van der Waals surface area contributed by atoms with Crippen LogP contribution in [0.3, 0.4) is 0 Å². The summed E-state index contributed by atoms with van der Waals surface area (Å²) >= 11 is 1.41. The van der Waals surface area contributed by atoms with Crippen molar-refractivity contribution in [2.75, 3.05) is 5.32 Å². The van der Waals surface area contributed by atoms with Crippen LogP contribution < -0.4 is 5.32 Å². The molecule has 1 amide bonds. The fourth-order valence-electron chi connectivity index (χ4n) is 2.79. The van der Waals surface area contributed by atoms with Crippen LogP contribution in [0.4, 0.5) is 10.8 Å². The Kier molecular flexibility index (Phi) is 5.27. The maximum absolute atomic E-state index is 12.5. The van der Waals surface area contributed by atoms with Crippen molar-refractivity contribution in [2.45, 2.75) is 33.1 Å². The van der Waals surface area contributed by atoms with Crippen molar-refractivity contribution in [2.24, 2.45) is 0 Å². The van der Waals surface area contributed by atoms with Gasteiger partial charge < -0.3 is 0 Å². The molecule has 2 aromatic carbocycles. The minimum Gasteiger partial charge on any atom is -0.298 e. The molecule has 0 bridgehead atoms. The predicted octanol–water partition coefficient (Wildman–Crippen LogP) is 5.11. The van der Waals surface area contributed by atoms with Gasteiger partial charge in [-0.2, -0.15) is 0 Å². The maximum atomic E-state index is 12.5. The zero-order valence-electron chi connectivity index (χ0n) is 14.6. The van der Waals surface area contributed by atoms with Crippen molar-refractivity contribution < 1.29 is 9.72 Å². The number of nitro groups is 1. The number of unbranched alkanes of at least 4 members (excludes halogenated alkanes) is 1. The molecule has 1 aromatic heterocycles. The largest absolute Gasteiger partial charge is 0.298 e. The second-order valence-corrected chi connectivity index (χ2v) is 7.12. The predicted molar refractivity (Wildman–Crippen MR) is 104 cm³/mol. The van der Waals surface area contributed by atoms with Gasteiger partial charge >= 0.3 is 0 Å². The van der Waals surface area contributed by atoms with Crippen molar-refractivity contribution in [1.29, 1.82) is 0 Å². The number of hydrogen-bond acceptors (Lipinski definition) is 5. The lowest BCUT2D eigenvalue weighted by atomic mass is 10.1. The van der Waals surface area contributed by atoms with Crippen LogP contribution in [-0.2, 0) is 6.42 Å². The number of aromatic nitrogens is 1. The lowest BCUT2D eigenvalue weighted by molar-refractivity contribution is -0.385. The van der Waals surface area contributed by atoms with Gasteiger partial charge in [-0.15, -0.1) is 0 Å². The van der Waals surface area contributed by atoms with E-state index in [0.29, 0.717) is 10.7 Å². The van der Waals surface area contributed by atoms with Crippen LogP contribution in [0, 0.1) is 17.0 Å². The minimum atomic E-state index is -0.484. The Bertz CT molecular complexity index is 981. The van der Waals surface area contributed by atoms with Gasteiger partial charge in [0, 0.05) is 17.2 Å². The molecule has 0 unspecified atom stereocenters. The average Bonchev–Trinajstić information content (AvgIpc) is 3.01. The summed E-state index contributed by atoms with van der Waals surface area (Å²) in [6.45, 7) is 3.74. The Morgan fingerprint density at radius 3 is 2.85 bits per heavy atom. The average molecular weight is 369 g/mol. The topological polar surface area (TPSA) is 85.1 Å². The fraction of sp³-hybridized carbons (Fsp3) is 0.263.